The van der Waals surface area contributed by atoms with Crippen LogP contribution in [-0.4, -0.2) is 23.3 Å². The first-order chi connectivity index (χ1) is 21.0. The predicted molar refractivity (Wildman–Crippen MR) is 182 cm³/mol. The molecule has 2 aromatic rings. The van der Waals surface area contributed by atoms with E-state index in [9.17, 15) is 4.79 Å². The standard InChI is InChI=1S/C40H54ClNO3/c1-22(2)21-45-35(44)40-15-12-23(3)24(4)32(40)28-19-30(43)33-37(7)20-27-26-18-25(41)10-11-29(26)42-34(27)36(5,6)31(37)13-14-39(33,9)38(28,8)16-17-40/h10-11,18-19,22-24,31-33,42H,12-17,20-21H2,1-9H3/t23-,24+,31+,32+,33-,37+,38-,39-,40+/m1/s1. The molecule has 0 bridgehead atoms. The van der Waals surface area contributed by atoms with Crippen molar-refractivity contribution >= 4 is 34.3 Å². The minimum Gasteiger partial charge on any atom is -0.465 e. The molecule has 5 aliphatic carbocycles. The fourth-order valence-corrected chi connectivity index (χ4v) is 12.5. The summed E-state index contributed by atoms with van der Waals surface area (Å²) in [6, 6.07) is 6.19. The van der Waals surface area contributed by atoms with Crippen molar-refractivity contribution in [1.29, 1.82) is 0 Å². The van der Waals surface area contributed by atoms with E-state index in [4.69, 9.17) is 16.3 Å². The van der Waals surface area contributed by atoms with Gasteiger partial charge in [-0.1, -0.05) is 79.5 Å². The van der Waals surface area contributed by atoms with Gasteiger partial charge < -0.3 is 9.72 Å². The second-order valence-electron chi connectivity index (χ2n) is 17.8. The molecular formula is C40H54ClNO3. The van der Waals surface area contributed by atoms with Crippen LogP contribution in [0.5, 0.6) is 0 Å². The van der Waals surface area contributed by atoms with Crippen LogP contribution in [0.25, 0.3) is 10.9 Å². The van der Waals surface area contributed by atoms with Gasteiger partial charge in [-0.2, -0.15) is 0 Å². The van der Waals surface area contributed by atoms with Crippen molar-refractivity contribution in [3.63, 3.8) is 0 Å². The highest BCUT2D eigenvalue weighted by Gasteiger charge is 2.71. The number of benzene rings is 1. The zero-order valence-electron chi connectivity index (χ0n) is 29.0. The number of halogens is 1. The average Bonchev–Trinajstić information content (AvgIpc) is 3.32. The van der Waals surface area contributed by atoms with Crippen molar-refractivity contribution < 1.29 is 14.3 Å². The summed E-state index contributed by atoms with van der Waals surface area (Å²) in [5.74, 6) is 1.76. The molecule has 0 saturated heterocycles. The zero-order chi connectivity index (χ0) is 32.5. The van der Waals surface area contributed by atoms with E-state index in [-0.39, 0.29) is 39.5 Å². The zero-order valence-corrected chi connectivity index (χ0v) is 29.8. The lowest BCUT2D eigenvalue weighted by Crippen LogP contribution is -2.67. The number of carbonyl (C=O) groups is 2. The number of fused-ring (bicyclic) bond motifs is 10. The first-order valence-electron chi connectivity index (χ1n) is 17.7. The second-order valence-corrected chi connectivity index (χ2v) is 18.3. The third-order valence-electron chi connectivity index (χ3n) is 14.9. The molecule has 1 aromatic carbocycles. The lowest BCUT2D eigenvalue weighted by molar-refractivity contribution is -0.186. The molecule has 0 unspecified atom stereocenters. The van der Waals surface area contributed by atoms with Crippen molar-refractivity contribution in [2.75, 3.05) is 6.61 Å². The maximum absolute atomic E-state index is 15.0. The van der Waals surface area contributed by atoms with E-state index in [1.807, 2.05) is 6.07 Å². The van der Waals surface area contributed by atoms with Gasteiger partial charge in [0.05, 0.1) is 12.0 Å². The fraction of sp³-hybridized carbons (Fsp3) is 0.700. The Balaban J connectivity index is 1.36. The molecule has 5 aliphatic rings. The van der Waals surface area contributed by atoms with Crippen molar-refractivity contribution in [3.8, 4) is 0 Å². The first-order valence-corrected chi connectivity index (χ1v) is 18.1. The van der Waals surface area contributed by atoms with Gasteiger partial charge in [0.15, 0.2) is 5.78 Å². The topological polar surface area (TPSA) is 59.2 Å². The molecule has 0 aliphatic heterocycles. The molecule has 5 heteroatoms. The number of ether oxygens (including phenoxy) is 1. The highest BCUT2D eigenvalue weighted by Crippen LogP contribution is 2.75. The SMILES string of the molecule is CC(C)COC(=O)[C@]12CC[C@@H](C)[C@H](C)[C@H]1C1=CC(=O)[C@@H]3[C@@]4(C)Cc5c([nH]c6ccc(Cl)cc56)C(C)(C)[C@@H]4CC[C@@]3(C)[C@]1(C)CC2. The van der Waals surface area contributed by atoms with E-state index in [0.29, 0.717) is 36.1 Å². The van der Waals surface area contributed by atoms with Crippen LogP contribution in [0.15, 0.2) is 29.8 Å². The number of rotatable bonds is 3. The lowest BCUT2D eigenvalue weighted by atomic mass is 9.33. The number of aromatic nitrogens is 1. The maximum Gasteiger partial charge on any atom is 0.312 e. The Morgan fingerprint density at radius 2 is 1.78 bits per heavy atom. The summed E-state index contributed by atoms with van der Waals surface area (Å²) in [5, 5.41) is 1.96. The molecule has 3 saturated carbocycles. The van der Waals surface area contributed by atoms with Crippen molar-refractivity contribution in [2.45, 2.75) is 113 Å². The van der Waals surface area contributed by atoms with Crippen LogP contribution in [0.4, 0.5) is 0 Å². The Hall–Kier alpha value is -2.07. The highest BCUT2D eigenvalue weighted by atomic mass is 35.5. The summed E-state index contributed by atoms with van der Waals surface area (Å²) < 4.78 is 6.07. The summed E-state index contributed by atoms with van der Waals surface area (Å²) in [6.07, 6.45) is 8.80. The molecule has 45 heavy (non-hydrogen) atoms. The number of aromatic amines is 1. The quantitative estimate of drug-likeness (QED) is 0.343. The van der Waals surface area contributed by atoms with Crippen LogP contribution >= 0.6 is 11.6 Å². The van der Waals surface area contributed by atoms with Gasteiger partial charge in [0.2, 0.25) is 0 Å². The Morgan fingerprint density at radius 3 is 2.49 bits per heavy atom. The van der Waals surface area contributed by atoms with Crippen molar-refractivity contribution in [1.82, 2.24) is 4.98 Å². The van der Waals surface area contributed by atoms with Gasteiger partial charge in [0, 0.05) is 33.0 Å². The molecule has 1 aromatic heterocycles. The normalized spacial score (nSPS) is 41.8. The number of carbonyl (C=O) groups excluding carboxylic acids is 2. The molecule has 0 amide bonds. The van der Waals surface area contributed by atoms with E-state index in [0.717, 1.165) is 55.5 Å². The van der Waals surface area contributed by atoms with Crippen molar-refractivity contribution in [2.24, 2.45) is 57.2 Å². The van der Waals surface area contributed by atoms with Gasteiger partial charge >= 0.3 is 5.97 Å². The summed E-state index contributed by atoms with van der Waals surface area (Å²) in [5.41, 5.74) is 3.92. The van der Waals surface area contributed by atoms with Gasteiger partial charge in [-0.25, -0.2) is 0 Å². The Labute approximate surface area is 275 Å². The maximum atomic E-state index is 15.0. The van der Waals surface area contributed by atoms with Crippen LogP contribution in [0.1, 0.15) is 112 Å². The van der Waals surface area contributed by atoms with Gasteiger partial charge in [-0.05, 0) is 121 Å². The summed E-state index contributed by atoms with van der Waals surface area (Å²) >= 11 is 6.55. The van der Waals surface area contributed by atoms with E-state index in [1.54, 1.807) is 0 Å². The third kappa shape index (κ3) is 4.02. The van der Waals surface area contributed by atoms with Crippen LogP contribution in [-0.2, 0) is 26.2 Å². The van der Waals surface area contributed by atoms with Gasteiger partial charge in [-0.3, -0.25) is 9.59 Å². The van der Waals surface area contributed by atoms with E-state index in [2.05, 4.69) is 85.5 Å². The van der Waals surface area contributed by atoms with E-state index >= 15 is 4.79 Å². The number of H-pyrrole nitrogens is 1. The molecule has 0 spiro atoms. The van der Waals surface area contributed by atoms with E-state index in [1.165, 1.54) is 22.2 Å². The number of hydrogen-bond donors (Lipinski definition) is 1. The number of esters is 1. The van der Waals surface area contributed by atoms with Crippen LogP contribution in [0.2, 0.25) is 5.02 Å². The average molecular weight is 632 g/mol. The first kappa shape index (κ1) is 31.5. The summed E-state index contributed by atoms with van der Waals surface area (Å²) in [7, 11) is 0. The fourth-order valence-electron chi connectivity index (χ4n) is 12.4. The largest absolute Gasteiger partial charge is 0.465 e. The third-order valence-corrected chi connectivity index (χ3v) is 15.1. The molecule has 1 heterocycles. The minimum absolute atomic E-state index is 0.0159. The van der Waals surface area contributed by atoms with Crippen LogP contribution in [0.3, 0.4) is 0 Å². The smallest absolute Gasteiger partial charge is 0.312 e. The van der Waals surface area contributed by atoms with Crippen molar-refractivity contribution in [3.05, 3.63) is 46.1 Å². The Morgan fingerprint density at radius 1 is 1.04 bits per heavy atom. The molecule has 0 radical (unpaired) electrons. The lowest BCUT2D eigenvalue weighted by Gasteiger charge is -2.70. The predicted octanol–water partition coefficient (Wildman–Crippen LogP) is 9.87. The van der Waals surface area contributed by atoms with Gasteiger partial charge in [0.25, 0.3) is 0 Å². The Bertz CT molecular complexity index is 1620. The monoisotopic (exact) mass is 631 g/mol. The van der Waals surface area contributed by atoms with Gasteiger partial charge in [0.1, 0.15) is 0 Å². The molecular weight excluding hydrogens is 578 g/mol. The van der Waals surface area contributed by atoms with Gasteiger partial charge in [-0.15, -0.1) is 0 Å². The molecule has 4 nitrogen and oxygen atoms in total. The number of hydrogen-bond acceptors (Lipinski definition) is 3. The minimum atomic E-state index is -0.526. The molecule has 3 fully saturated rings. The number of allylic oxidation sites excluding steroid dienone is 2. The molecule has 1 N–H and O–H groups in total. The number of ketones is 1. The Kier molecular flexibility index (Phi) is 6.99. The highest BCUT2D eigenvalue weighted by molar-refractivity contribution is 6.31. The van der Waals surface area contributed by atoms with E-state index < -0.39 is 5.41 Å². The second kappa shape index (κ2) is 9.97. The van der Waals surface area contributed by atoms with Crippen LogP contribution < -0.4 is 0 Å². The summed E-state index contributed by atoms with van der Waals surface area (Å²) in [6.45, 7) is 21.5. The molecule has 9 atom stereocenters. The summed E-state index contributed by atoms with van der Waals surface area (Å²) in [4.78, 5) is 32.9. The molecule has 244 valence electrons. The van der Waals surface area contributed by atoms with Crippen LogP contribution in [0, 0.1) is 57.2 Å². The number of nitrogens with one attached hydrogen (secondary N) is 1. The molecule has 7 rings (SSSR count).